The van der Waals surface area contributed by atoms with Crippen molar-refractivity contribution < 1.29 is 0 Å². The van der Waals surface area contributed by atoms with Gasteiger partial charge in [-0.2, -0.15) is 0 Å². The number of guanidine groups is 1. The highest BCUT2D eigenvalue weighted by atomic mass is 15.1. The molecule has 1 aliphatic rings. The van der Waals surface area contributed by atoms with Crippen LogP contribution in [0.1, 0.15) is 36.1 Å². The van der Waals surface area contributed by atoms with Crippen LogP contribution in [0.5, 0.6) is 0 Å². The number of hydrogen-bond acceptors (Lipinski definition) is 2. The first kappa shape index (κ1) is 11.9. The van der Waals surface area contributed by atoms with Gasteiger partial charge in [0.1, 0.15) is 0 Å². The van der Waals surface area contributed by atoms with Crippen molar-refractivity contribution in [2.45, 2.75) is 45.7 Å². The number of aliphatic imine (C=N–C) groups is 1. The SMILES string of the molecule is Cc1cc(C)c(CN=C(N)NC2CCC2)cn1. The molecule has 4 heteroatoms. The van der Waals surface area contributed by atoms with Gasteiger partial charge in [0.25, 0.3) is 0 Å². The minimum Gasteiger partial charge on any atom is -0.370 e. The van der Waals surface area contributed by atoms with E-state index in [1.165, 1.54) is 24.8 Å². The highest BCUT2D eigenvalue weighted by Crippen LogP contribution is 2.17. The summed E-state index contributed by atoms with van der Waals surface area (Å²) < 4.78 is 0. The second-order valence-corrected chi connectivity index (χ2v) is 4.73. The zero-order valence-electron chi connectivity index (χ0n) is 10.5. The molecule has 1 saturated carbocycles. The largest absolute Gasteiger partial charge is 0.370 e. The number of nitrogens with two attached hydrogens (primary N) is 1. The van der Waals surface area contributed by atoms with E-state index in [1.807, 2.05) is 13.1 Å². The van der Waals surface area contributed by atoms with Crippen LogP contribution in [0.4, 0.5) is 0 Å². The summed E-state index contributed by atoms with van der Waals surface area (Å²) in [6.07, 6.45) is 5.60. The van der Waals surface area contributed by atoms with Gasteiger partial charge in [0.2, 0.25) is 0 Å². The topological polar surface area (TPSA) is 63.3 Å². The maximum absolute atomic E-state index is 5.83. The molecule has 0 aliphatic heterocycles. The normalized spacial score (nSPS) is 16.7. The predicted molar refractivity (Wildman–Crippen MR) is 69.8 cm³/mol. The average molecular weight is 232 g/mol. The number of pyridine rings is 1. The van der Waals surface area contributed by atoms with Crippen molar-refractivity contribution in [2.24, 2.45) is 10.7 Å². The maximum atomic E-state index is 5.83. The molecule has 0 amide bonds. The number of aryl methyl sites for hydroxylation is 2. The first-order chi connectivity index (χ1) is 8.15. The zero-order valence-corrected chi connectivity index (χ0v) is 10.5. The Bertz CT molecular complexity index is 421. The van der Waals surface area contributed by atoms with Crippen LogP contribution in [0, 0.1) is 13.8 Å². The van der Waals surface area contributed by atoms with Gasteiger partial charge >= 0.3 is 0 Å². The fourth-order valence-electron chi connectivity index (χ4n) is 1.87. The van der Waals surface area contributed by atoms with E-state index in [9.17, 15) is 0 Å². The van der Waals surface area contributed by atoms with Crippen molar-refractivity contribution in [2.75, 3.05) is 0 Å². The van der Waals surface area contributed by atoms with E-state index in [0.29, 0.717) is 18.5 Å². The zero-order chi connectivity index (χ0) is 12.3. The number of nitrogens with zero attached hydrogens (tertiary/aromatic N) is 2. The molecule has 1 heterocycles. The predicted octanol–water partition coefficient (Wildman–Crippen LogP) is 1.66. The molecule has 2 rings (SSSR count). The van der Waals surface area contributed by atoms with Gasteiger partial charge in [-0.25, -0.2) is 4.99 Å². The third-order valence-corrected chi connectivity index (χ3v) is 3.23. The molecule has 1 aromatic rings. The minimum atomic E-state index is 0.538. The van der Waals surface area contributed by atoms with E-state index in [4.69, 9.17) is 5.73 Å². The van der Waals surface area contributed by atoms with Crippen molar-refractivity contribution >= 4 is 5.96 Å². The number of rotatable bonds is 3. The van der Waals surface area contributed by atoms with E-state index in [-0.39, 0.29) is 0 Å². The smallest absolute Gasteiger partial charge is 0.189 e. The molecule has 0 atom stereocenters. The van der Waals surface area contributed by atoms with Crippen LogP contribution in [0.15, 0.2) is 17.3 Å². The molecule has 0 spiro atoms. The van der Waals surface area contributed by atoms with Gasteiger partial charge in [-0.3, -0.25) is 4.98 Å². The lowest BCUT2D eigenvalue weighted by Crippen LogP contribution is -2.43. The molecule has 17 heavy (non-hydrogen) atoms. The van der Waals surface area contributed by atoms with Crippen molar-refractivity contribution in [3.63, 3.8) is 0 Å². The van der Waals surface area contributed by atoms with E-state index in [1.54, 1.807) is 0 Å². The highest BCUT2D eigenvalue weighted by Gasteiger charge is 2.17. The Labute approximate surface area is 102 Å². The molecule has 1 aliphatic carbocycles. The lowest BCUT2D eigenvalue weighted by molar-refractivity contribution is 0.382. The molecule has 0 bridgehead atoms. The van der Waals surface area contributed by atoms with Crippen LogP contribution in [0.2, 0.25) is 0 Å². The van der Waals surface area contributed by atoms with Crippen molar-refractivity contribution in [3.8, 4) is 0 Å². The van der Waals surface area contributed by atoms with E-state index < -0.39 is 0 Å². The molecule has 3 N–H and O–H groups in total. The first-order valence-corrected chi connectivity index (χ1v) is 6.14. The van der Waals surface area contributed by atoms with Crippen LogP contribution < -0.4 is 11.1 Å². The van der Waals surface area contributed by atoms with Crippen LogP contribution in [0.25, 0.3) is 0 Å². The Kier molecular flexibility index (Phi) is 3.61. The quantitative estimate of drug-likeness (QED) is 0.615. The summed E-state index contributed by atoms with van der Waals surface area (Å²) in [6, 6.07) is 2.61. The third kappa shape index (κ3) is 3.19. The van der Waals surface area contributed by atoms with E-state index >= 15 is 0 Å². The van der Waals surface area contributed by atoms with Crippen molar-refractivity contribution in [1.82, 2.24) is 10.3 Å². The third-order valence-electron chi connectivity index (χ3n) is 3.23. The number of aromatic nitrogens is 1. The summed E-state index contributed by atoms with van der Waals surface area (Å²) in [6.45, 7) is 4.67. The molecule has 0 radical (unpaired) electrons. The second-order valence-electron chi connectivity index (χ2n) is 4.73. The Morgan fingerprint density at radius 1 is 1.53 bits per heavy atom. The van der Waals surface area contributed by atoms with E-state index in [2.05, 4.69) is 28.3 Å². The van der Waals surface area contributed by atoms with Gasteiger partial charge in [-0.05, 0) is 50.3 Å². The second kappa shape index (κ2) is 5.17. The Morgan fingerprint density at radius 3 is 2.88 bits per heavy atom. The van der Waals surface area contributed by atoms with Gasteiger partial charge in [-0.1, -0.05) is 0 Å². The van der Waals surface area contributed by atoms with Crippen molar-refractivity contribution in [3.05, 3.63) is 29.1 Å². The molecule has 0 saturated heterocycles. The molecular weight excluding hydrogens is 212 g/mol. The van der Waals surface area contributed by atoms with Gasteiger partial charge in [0.05, 0.1) is 6.54 Å². The van der Waals surface area contributed by atoms with Gasteiger partial charge in [0.15, 0.2) is 5.96 Å². The Balaban J connectivity index is 1.93. The highest BCUT2D eigenvalue weighted by molar-refractivity contribution is 5.78. The summed E-state index contributed by atoms with van der Waals surface area (Å²) in [5.41, 5.74) is 9.22. The summed E-state index contributed by atoms with van der Waals surface area (Å²) in [5, 5.41) is 3.22. The van der Waals surface area contributed by atoms with Crippen LogP contribution in [-0.2, 0) is 6.54 Å². The van der Waals surface area contributed by atoms with Gasteiger partial charge < -0.3 is 11.1 Å². The fourth-order valence-corrected chi connectivity index (χ4v) is 1.87. The lowest BCUT2D eigenvalue weighted by atomic mass is 9.93. The number of nitrogens with one attached hydrogen (secondary N) is 1. The molecule has 1 aromatic heterocycles. The maximum Gasteiger partial charge on any atom is 0.189 e. The number of hydrogen-bond donors (Lipinski definition) is 2. The summed E-state index contributed by atoms with van der Waals surface area (Å²) >= 11 is 0. The monoisotopic (exact) mass is 232 g/mol. The van der Waals surface area contributed by atoms with E-state index in [0.717, 1.165) is 11.3 Å². The fraction of sp³-hybridized carbons (Fsp3) is 0.538. The molecular formula is C13H20N4. The Morgan fingerprint density at radius 2 is 2.29 bits per heavy atom. The molecule has 1 fully saturated rings. The first-order valence-electron chi connectivity index (χ1n) is 6.14. The van der Waals surface area contributed by atoms with Gasteiger partial charge in [-0.15, -0.1) is 0 Å². The van der Waals surface area contributed by atoms with Crippen LogP contribution >= 0.6 is 0 Å². The molecule has 4 nitrogen and oxygen atoms in total. The molecule has 0 aromatic carbocycles. The molecule has 92 valence electrons. The summed E-state index contributed by atoms with van der Waals surface area (Å²) in [7, 11) is 0. The minimum absolute atomic E-state index is 0.538. The average Bonchev–Trinajstić information content (AvgIpc) is 2.22. The molecule has 0 unspecified atom stereocenters. The standard InChI is InChI=1S/C13H20N4/c1-9-6-10(2)15-7-11(9)8-16-13(14)17-12-4-3-5-12/h6-7,12H,3-5,8H2,1-2H3,(H3,14,16,17). The summed E-state index contributed by atoms with van der Waals surface area (Å²) in [4.78, 5) is 8.63. The van der Waals surface area contributed by atoms with Crippen LogP contribution in [0.3, 0.4) is 0 Å². The van der Waals surface area contributed by atoms with Crippen molar-refractivity contribution in [1.29, 1.82) is 0 Å². The Hall–Kier alpha value is -1.58. The van der Waals surface area contributed by atoms with Crippen LogP contribution in [-0.4, -0.2) is 17.0 Å². The summed E-state index contributed by atoms with van der Waals surface area (Å²) in [5.74, 6) is 0.551. The lowest BCUT2D eigenvalue weighted by Gasteiger charge is -2.26. The van der Waals surface area contributed by atoms with Gasteiger partial charge in [0, 0.05) is 17.9 Å².